The predicted molar refractivity (Wildman–Crippen MR) is 110 cm³/mol. The van der Waals surface area contributed by atoms with Crippen LogP contribution in [0.4, 0.5) is 0 Å². The molecule has 3 rings (SSSR count). The normalized spacial score (nSPS) is 23.5. The van der Waals surface area contributed by atoms with Gasteiger partial charge in [0.25, 0.3) is 0 Å². The maximum atomic E-state index is 6.33. The zero-order chi connectivity index (χ0) is 18.2. The first-order valence-corrected chi connectivity index (χ1v) is 9.96. The summed E-state index contributed by atoms with van der Waals surface area (Å²) < 4.78 is 22.5. The maximum absolute atomic E-state index is 6.33. The van der Waals surface area contributed by atoms with Gasteiger partial charge >= 0.3 is 0 Å². The number of rotatable bonds is 8. The molecule has 5 nitrogen and oxygen atoms in total. The minimum atomic E-state index is 0. The van der Waals surface area contributed by atoms with Crippen molar-refractivity contribution < 1.29 is 18.9 Å². The van der Waals surface area contributed by atoms with Crippen LogP contribution in [-0.2, 0) is 15.9 Å². The Morgan fingerprint density at radius 3 is 2.52 bits per heavy atom. The number of benzene rings is 1. The van der Waals surface area contributed by atoms with Gasteiger partial charge in [-0.05, 0) is 43.4 Å². The lowest BCUT2D eigenvalue weighted by Crippen LogP contribution is -2.51. The van der Waals surface area contributed by atoms with Crippen molar-refractivity contribution in [3.8, 4) is 11.5 Å². The summed E-state index contributed by atoms with van der Waals surface area (Å²) in [7, 11) is 3.35. The Morgan fingerprint density at radius 1 is 1.04 bits per heavy atom. The minimum absolute atomic E-state index is 0. The number of nitrogens with zero attached hydrogens (tertiary/aromatic N) is 1. The van der Waals surface area contributed by atoms with Gasteiger partial charge < -0.3 is 18.9 Å². The first-order chi connectivity index (χ1) is 12.8. The van der Waals surface area contributed by atoms with Gasteiger partial charge in [-0.25, -0.2) is 0 Å². The molecule has 1 saturated heterocycles. The molecule has 0 unspecified atom stereocenters. The van der Waals surface area contributed by atoms with Crippen LogP contribution in [0.1, 0.15) is 37.7 Å². The predicted octanol–water partition coefficient (Wildman–Crippen LogP) is 3.72. The maximum Gasteiger partial charge on any atom is 0.160 e. The van der Waals surface area contributed by atoms with Crippen molar-refractivity contribution in [3.63, 3.8) is 0 Å². The van der Waals surface area contributed by atoms with Crippen molar-refractivity contribution in [3.05, 3.63) is 23.8 Å². The van der Waals surface area contributed by atoms with Gasteiger partial charge in [0, 0.05) is 25.7 Å². The van der Waals surface area contributed by atoms with Crippen molar-refractivity contribution in [2.75, 3.05) is 47.1 Å². The molecular weight excluding hydrogens is 366 g/mol. The Labute approximate surface area is 169 Å². The Bertz CT molecular complexity index is 551. The number of hydrogen-bond donors (Lipinski definition) is 0. The molecule has 1 aliphatic heterocycles. The van der Waals surface area contributed by atoms with Gasteiger partial charge in [0.2, 0.25) is 0 Å². The van der Waals surface area contributed by atoms with Gasteiger partial charge in [0.05, 0.1) is 33.5 Å². The second-order valence-corrected chi connectivity index (χ2v) is 7.20. The molecule has 2 aliphatic rings. The van der Waals surface area contributed by atoms with E-state index in [4.69, 9.17) is 18.9 Å². The monoisotopic (exact) mass is 399 g/mol. The summed E-state index contributed by atoms with van der Waals surface area (Å²) in [5.74, 6) is 1.58. The largest absolute Gasteiger partial charge is 0.493 e. The van der Waals surface area contributed by atoms with Gasteiger partial charge in [-0.15, -0.1) is 12.4 Å². The second-order valence-electron chi connectivity index (χ2n) is 7.20. The van der Waals surface area contributed by atoms with Crippen LogP contribution in [0, 0.1) is 0 Å². The topological polar surface area (TPSA) is 40.2 Å². The lowest BCUT2D eigenvalue weighted by molar-refractivity contribution is -0.0657. The molecule has 27 heavy (non-hydrogen) atoms. The molecule has 0 spiro atoms. The molecule has 0 radical (unpaired) electrons. The van der Waals surface area contributed by atoms with E-state index in [1.54, 1.807) is 14.2 Å². The number of halogens is 1. The van der Waals surface area contributed by atoms with Crippen LogP contribution in [0.25, 0.3) is 0 Å². The summed E-state index contributed by atoms with van der Waals surface area (Å²) >= 11 is 0. The summed E-state index contributed by atoms with van der Waals surface area (Å²) in [5, 5.41) is 0. The van der Waals surface area contributed by atoms with Gasteiger partial charge in [-0.1, -0.05) is 18.9 Å². The van der Waals surface area contributed by atoms with E-state index in [-0.39, 0.29) is 12.4 Å². The second kappa shape index (κ2) is 11.7. The van der Waals surface area contributed by atoms with Gasteiger partial charge in [-0.3, -0.25) is 4.90 Å². The highest BCUT2D eigenvalue weighted by atomic mass is 35.5. The number of aryl methyl sites for hydroxylation is 1. The Balaban J connectivity index is 0.00000261. The SMILES string of the molecule is COc1ccc(CCCO[C@@H]2CCCC[C@H]2N2CCOCC2)cc1OC.Cl. The number of ether oxygens (including phenoxy) is 4. The van der Waals surface area contributed by atoms with Crippen LogP contribution in [0.2, 0.25) is 0 Å². The number of methoxy groups -OCH3 is 2. The van der Waals surface area contributed by atoms with Crippen molar-refractivity contribution in [1.82, 2.24) is 4.90 Å². The lowest BCUT2D eigenvalue weighted by Gasteiger charge is -2.41. The van der Waals surface area contributed by atoms with E-state index in [1.807, 2.05) is 6.07 Å². The van der Waals surface area contributed by atoms with E-state index in [0.717, 1.165) is 57.3 Å². The molecule has 0 N–H and O–H groups in total. The van der Waals surface area contributed by atoms with Gasteiger partial charge in [-0.2, -0.15) is 0 Å². The van der Waals surface area contributed by atoms with Gasteiger partial charge in [0.1, 0.15) is 0 Å². The molecular formula is C21H34ClNO4. The lowest BCUT2D eigenvalue weighted by atomic mass is 9.91. The van der Waals surface area contributed by atoms with Crippen LogP contribution in [0.3, 0.4) is 0 Å². The first-order valence-electron chi connectivity index (χ1n) is 9.96. The van der Waals surface area contributed by atoms with E-state index < -0.39 is 0 Å². The van der Waals surface area contributed by atoms with E-state index in [1.165, 1.54) is 31.2 Å². The highest BCUT2D eigenvalue weighted by molar-refractivity contribution is 5.85. The number of morpholine rings is 1. The van der Waals surface area contributed by atoms with Crippen LogP contribution in [0.5, 0.6) is 11.5 Å². The summed E-state index contributed by atoms with van der Waals surface area (Å²) in [4.78, 5) is 2.58. The molecule has 154 valence electrons. The zero-order valence-electron chi connectivity index (χ0n) is 16.7. The molecule has 1 aromatic carbocycles. The van der Waals surface area contributed by atoms with E-state index in [9.17, 15) is 0 Å². The molecule has 1 aromatic rings. The third-order valence-corrected chi connectivity index (χ3v) is 5.57. The highest BCUT2D eigenvalue weighted by Crippen LogP contribution is 2.29. The van der Waals surface area contributed by atoms with E-state index in [0.29, 0.717) is 12.1 Å². The van der Waals surface area contributed by atoms with Crippen molar-refractivity contribution in [2.24, 2.45) is 0 Å². The Hall–Kier alpha value is -1.01. The Kier molecular flexibility index (Phi) is 9.69. The molecule has 2 fully saturated rings. The fourth-order valence-electron chi connectivity index (χ4n) is 4.15. The molecule has 2 atom stereocenters. The first kappa shape index (κ1) is 22.3. The van der Waals surface area contributed by atoms with Crippen LogP contribution in [-0.4, -0.2) is 64.2 Å². The molecule has 1 saturated carbocycles. The average Bonchev–Trinajstić information content (AvgIpc) is 2.72. The summed E-state index contributed by atoms with van der Waals surface area (Å²) in [6, 6.07) is 6.73. The standard InChI is InChI=1S/C21H33NO4.ClH/c1-23-20-10-9-17(16-21(20)24-2)6-5-13-26-19-8-4-3-7-18(19)22-11-14-25-15-12-22;/h9-10,16,18-19H,3-8,11-15H2,1-2H3;1H/t18-,19-;/m1./s1. The van der Waals surface area contributed by atoms with Gasteiger partial charge in [0.15, 0.2) is 11.5 Å². The molecule has 0 bridgehead atoms. The van der Waals surface area contributed by atoms with Crippen LogP contribution < -0.4 is 9.47 Å². The third kappa shape index (κ3) is 6.24. The van der Waals surface area contributed by atoms with Crippen molar-refractivity contribution >= 4 is 12.4 Å². The molecule has 6 heteroatoms. The molecule has 1 aliphatic carbocycles. The molecule has 0 amide bonds. The summed E-state index contributed by atoms with van der Waals surface area (Å²) in [5.41, 5.74) is 1.26. The summed E-state index contributed by atoms with van der Waals surface area (Å²) in [6.07, 6.45) is 7.48. The summed E-state index contributed by atoms with van der Waals surface area (Å²) in [6.45, 7) is 4.65. The van der Waals surface area contributed by atoms with Crippen LogP contribution >= 0.6 is 12.4 Å². The quantitative estimate of drug-likeness (QED) is 0.623. The Morgan fingerprint density at radius 2 is 1.78 bits per heavy atom. The third-order valence-electron chi connectivity index (χ3n) is 5.57. The fraction of sp³-hybridized carbons (Fsp3) is 0.714. The number of hydrogen-bond acceptors (Lipinski definition) is 5. The average molecular weight is 400 g/mol. The molecule has 1 heterocycles. The highest BCUT2D eigenvalue weighted by Gasteiger charge is 2.31. The molecule has 0 aromatic heterocycles. The minimum Gasteiger partial charge on any atom is -0.493 e. The van der Waals surface area contributed by atoms with Crippen LogP contribution in [0.15, 0.2) is 18.2 Å². The van der Waals surface area contributed by atoms with Crippen molar-refractivity contribution in [1.29, 1.82) is 0 Å². The van der Waals surface area contributed by atoms with Crippen molar-refractivity contribution in [2.45, 2.75) is 50.7 Å². The van der Waals surface area contributed by atoms with E-state index >= 15 is 0 Å². The fourth-order valence-corrected chi connectivity index (χ4v) is 4.15. The zero-order valence-corrected chi connectivity index (χ0v) is 17.5. The smallest absolute Gasteiger partial charge is 0.160 e. The van der Waals surface area contributed by atoms with E-state index in [2.05, 4.69) is 17.0 Å².